The van der Waals surface area contributed by atoms with Gasteiger partial charge in [0, 0.05) is 56.4 Å². The van der Waals surface area contributed by atoms with Gasteiger partial charge in [0.25, 0.3) is 5.91 Å². The van der Waals surface area contributed by atoms with Crippen LogP contribution < -0.4 is 24.6 Å². The third-order valence-corrected chi connectivity index (χ3v) is 13.2. The van der Waals surface area contributed by atoms with Crippen molar-refractivity contribution in [1.29, 1.82) is 5.26 Å². The zero-order valence-electron chi connectivity index (χ0n) is 41.1. The number of carbonyl (C=O) groups excluding carboxylic acids is 3. The van der Waals surface area contributed by atoms with E-state index in [4.69, 9.17) is 26.4 Å². The van der Waals surface area contributed by atoms with E-state index in [-0.39, 0.29) is 47.5 Å². The average molecular weight is 1010 g/mol. The smallest absolute Gasteiger partial charge is 0.417 e. The maximum atomic E-state index is 14.1. The molecule has 7 rings (SSSR count). The molecule has 0 saturated carbocycles. The van der Waals surface area contributed by atoms with E-state index < -0.39 is 46.9 Å². The summed E-state index contributed by atoms with van der Waals surface area (Å²) in [6, 6.07) is 17.5. The highest BCUT2D eigenvalue weighted by molar-refractivity contribution is 7.81. The molecule has 5 aromatic rings. The van der Waals surface area contributed by atoms with Gasteiger partial charge in [-0.25, -0.2) is 4.98 Å². The molecule has 382 valence electrons. The van der Waals surface area contributed by atoms with Crippen LogP contribution in [0.2, 0.25) is 0 Å². The SMILES string of the molecule is Cc1nccn1-c1ccc([C@H](C)NC(=O)[C@@H]2C[C@@H](O)CN2C(=O)C(C(C)C)n2cc(OCCCOCCCCCOc3ccc(N4C(=S)N(c5ccc(C#N)c(C(F)(F)F)c5)C(=O)C4(C)C)cc3)cn2)cc1. The Labute approximate surface area is 422 Å². The minimum absolute atomic E-state index is 0.00930. The second-order valence-corrected chi connectivity index (χ2v) is 19.1. The molecule has 4 atom stereocenters. The molecule has 72 heavy (non-hydrogen) atoms. The van der Waals surface area contributed by atoms with Crippen LogP contribution in [0.25, 0.3) is 5.69 Å². The van der Waals surface area contributed by atoms with Crippen LogP contribution in [0.15, 0.2) is 91.5 Å². The van der Waals surface area contributed by atoms with Crippen LogP contribution in [0.3, 0.4) is 0 Å². The van der Waals surface area contributed by atoms with Gasteiger partial charge >= 0.3 is 6.18 Å². The van der Waals surface area contributed by atoms with Gasteiger partial charge in [-0.2, -0.15) is 23.5 Å². The first-order valence-electron chi connectivity index (χ1n) is 24.0. The normalized spacial score (nSPS) is 17.6. The lowest BCUT2D eigenvalue weighted by molar-refractivity contribution is -0.142. The van der Waals surface area contributed by atoms with Gasteiger partial charge in [-0.15, -0.1) is 0 Å². The third-order valence-electron chi connectivity index (χ3n) is 12.8. The summed E-state index contributed by atoms with van der Waals surface area (Å²) in [5.74, 6) is 0.634. The number of rotatable bonds is 21. The van der Waals surface area contributed by atoms with Crippen molar-refractivity contribution in [3.05, 3.63) is 114 Å². The van der Waals surface area contributed by atoms with E-state index in [2.05, 4.69) is 15.4 Å². The number of likely N-dealkylation sites (tertiary alicyclic amines) is 1. The number of nitrogens with zero attached hydrogens (tertiary/aromatic N) is 8. The van der Waals surface area contributed by atoms with Crippen molar-refractivity contribution in [2.75, 3.05) is 42.8 Å². The summed E-state index contributed by atoms with van der Waals surface area (Å²) in [5.41, 5.74) is -0.569. The van der Waals surface area contributed by atoms with Crippen molar-refractivity contribution in [3.8, 4) is 23.3 Å². The minimum atomic E-state index is -4.79. The van der Waals surface area contributed by atoms with Gasteiger partial charge in [-0.3, -0.25) is 24.0 Å². The van der Waals surface area contributed by atoms with E-state index in [0.717, 1.165) is 53.4 Å². The monoisotopic (exact) mass is 1010 g/mol. The molecule has 3 aromatic carbocycles. The van der Waals surface area contributed by atoms with Gasteiger partial charge in [0.1, 0.15) is 29.2 Å². The average Bonchev–Trinajstić information content (AvgIpc) is 4.13. The van der Waals surface area contributed by atoms with E-state index in [1.807, 2.05) is 62.7 Å². The number of aromatic nitrogens is 4. The highest BCUT2D eigenvalue weighted by Crippen LogP contribution is 2.40. The Bertz CT molecular complexity index is 2750. The molecule has 20 heteroatoms. The van der Waals surface area contributed by atoms with Crippen LogP contribution in [-0.2, 0) is 25.3 Å². The lowest BCUT2D eigenvalue weighted by Gasteiger charge is -2.30. The van der Waals surface area contributed by atoms with E-state index in [0.29, 0.717) is 50.0 Å². The molecule has 2 aliphatic rings. The van der Waals surface area contributed by atoms with Crippen LogP contribution >= 0.6 is 12.2 Å². The first-order valence-corrected chi connectivity index (χ1v) is 24.4. The molecule has 2 fully saturated rings. The van der Waals surface area contributed by atoms with Crippen LogP contribution in [0.4, 0.5) is 24.5 Å². The zero-order valence-corrected chi connectivity index (χ0v) is 42.0. The summed E-state index contributed by atoms with van der Waals surface area (Å²) < 4.78 is 62.4. The highest BCUT2D eigenvalue weighted by atomic mass is 32.1. The number of anilines is 2. The number of aliphatic hydroxyl groups excluding tert-OH is 1. The molecule has 4 heterocycles. The number of aryl methyl sites for hydroxylation is 1. The summed E-state index contributed by atoms with van der Waals surface area (Å²) in [6.45, 7) is 12.8. The van der Waals surface area contributed by atoms with Crippen LogP contribution in [-0.4, -0.2) is 103 Å². The number of hydrogen-bond acceptors (Lipinski definition) is 11. The lowest BCUT2D eigenvalue weighted by atomic mass is 10.0. The van der Waals surface area contributed by atoms with Crippen LogP contribution in [0, 0.1) is 24.2 Å². The predicted octanol–water partition coefficient (Wildman–Crippen LogP) is 8.26. The summed E-state index contributed by atoms with van der Waals surface area (Å²) in [4.78, 5) is 49.7. The number of nitrogens with one attached hydrogen (secondary N) is 1. The van der Waals surface area contributed by atoms with E-state index in [9.17, 15) is 37.9 Å². The van der Waals surface area contributed by atoms with Gasteiger partial charge in [-0.05, 0) is 125 Å². The molecule has 3 amide bonds. The number of benzene rings is 3. The van der Waals surface area contributed by atoms with Gasteiger partial charge < -0.3 is 39.0 Å². The Balaban J connectivity index is 0.796. The number of alkyl halides is 3. The van der Waals surface area contributed by atoms with Crippen LogP contribution in [0.5, 0.6) is 11.5 Å². The fourth-order valence-corrected chi connectivity index (χ4v) is 9.49. The molecule has 0 bridgehead atoms. The standard InChI is InChI=1S/C52H60F3N9O7S/c1-33(2)46(48(67)61-31-41(65)28-45(61)47(66)59-34(3)36-11-14-38(15-12-36)60-22-21-57-35(60)4)62-32-43(30-58-62)71-26-10-24-69-23-8-7-9-25-70-42-19-17-39(18-20-42)64-50(72)63(49(68)51(64,5)6)40-16-13-37(29-56)44(27-40)52(53,54)55/h11-22,27,30,32-34,41,45-46,65H,7-10,23-26,28,31H2,1-6H3,(H,59,66)/t34-,41+,45-,46?/m0/s1. The zero-order chi connectivity index (χ0) is 51.9. The number of ether oxygens (including phenoxy) is 3. The van der Waals surface area contributed by atoms with E-state index in [1.165, 1.54) is 11.0 Å². The van der Waals surface area contributed by atoms with E-state index in [1.54, 1.807) is 72.4 Å². The number of imidazole rings is 1. The molecule has 1 unspecified atom stereocenters. The van der Waals surface area contributed by atoms with Gasteiger partial charge in [0.15, 0.2) is 10.9 Å². The van der Waals surface area contributed by atoms with Crippen molar-refractivity contribution in [2.45, 2.75) is 110 Å². The number of nitriles is 1. The number of β-amino-alcohol motifs (C(OH)–C–C–N with tert-alkyl or cyclic N) is 1. The summed E-state index contributed by atoms with van der Waals surface area (Å²) in [5, 5.41) is 27.4. The molecule has 2 aromatic heterocycles. The molecule has 0 aliphatic carbocycles. The molecular weight excluding hydrogens is 952 g/mol. The first-order chi connectivity index (χ1) is 34.3. The topological polar surface area (TPSA) is 180 Å². The second-order valence-electron chi connectivity index (χ2n) is 18.8. The largest absolute Gasteiger partial charge is 0.494 e. The quantitative estimate of drug-likeness (QED) is 0.0532. The molecule has 0 radical (unpaired) electrons. The Morgan fingerprint density at radius 2 is 1.58 bits per heavy atom. The number of aliphatic hydroxyl groups is 1. The summed E-state index contributed by atoms with van der Waals surface area (Å²) in [7, 11) is 0. The van der Waals surface area contributed by atoms with Crippen molar-refractivity contribution in [2.24, 2.45) is 5.92 Å². The molecule has 0 spiro atoms. The molecular formula is C52H60F3N9O7S. The lowest BCUT2D eigenvalue weighted by Crippen LogP contribution is -2.49. The van der Waals surface area contributed by atoms with Crippen LogP contribution in [0.1, 0.15) is 101 Å². The molecule has 16 nitrogen and oxygen atoms in total. The fourth-order valence-electron chi connectivity index (χ4n) is 8.97. The Morgan fingerprint density at radius 1 is 0.931 bits per heavy atom. The predicted molar refractivity (Wildman–Crippen MR) is 267 cm³/mol. The van der Waals surface area contributed by atoms with Crippen molar-refractivity contribution in [3.63, 3.8) is 0 Å². The highest BCUT2D eigenvalue weighted by Gasteiger charge is 2.51. The maximum absolute atomic E-state index is 14.1. The fraction of sp³-hybridized carbons (Fsp3) is 0.442. The maximum Gasteiger partial charge on any atom is 0.417 e. The number of halogens is 3. The Morgan fingerprint density at radius 3 is 2.25 bits per heavy atom. The minimum Gasteiger partial charge on any atom is -0.494 e. The van der Waals surface area contributed by atoms with Crippen molar-refractivity contribution >= 4 is 46.4 Å². The Hall–Kier alpha value is -6.82. The Kier molecular flexibility index (Phi) is 16.7. The number of hydrogen-bond donors (Lipinski definition) is 2. The van der Waals surface area contributed by atoms with Crippen molar-refractivity contribution < 1.29 is 46.9 Å². The summed E-state index contributed by atoms with van der Waals surface area (Å²) >= 11 is 5.64. The van der Waals surface area contributed by atoms with Gasteiger partial charge in [-0.1, -0.05) is 26.0 Å². The van der Waals surface area contributed by atoms with Gasteiger partial charge in [0.2, 0.25) is 11.8 Å². The molecule has 2 N–H and O–H groups in total. The first kappa shape index (κ1) is 53.0. The number of unbranched alkanes of at least 4 members (excludes halogenated alkanes) is 2. The van der Waals surface area contributed by atoms with E-state index >= 15 is 0 Å². The molecule has 2 saturated heterocycles. The van der Waals surface area contributed by atoms with Crippen molar-refractivity contribution in [1.82, 2.24) is 29.5 Å². The number of thiocarbonyl (C=S) groups is 1. The third kappa shape index (κ3) is 11.9. The second kappa shape index (κ2) is 22.7. The number of amides is 3. The summed E-state index contributed by atoms with van der Waals surface area (Å²) in [6.07, 6.45) is 4.47. The molecule has 2 aliphatic heterocycles. The number of carbonyl (C=O) groups is 3. The van der Waals surface area contributed by atoms with Gasteiger partial charge in [0.05, 0.1) is 60.6 Å².